The Labute approximate surface area is 281 Å². The lowest BCUT2D eigenvalue weighted by atomic mass is 10.2. The highest BCUT2D eigenvalue weighted by Gasteiger charge is 2.21. The summed E-state index contributed by atoms with van der Waals surface area (Å²) in [6.45, 7) is 0. The molecule has 0 aliphatic carbocycles. The number of nitrogens with zero attached hydrogens (tertiary/aromatic N) is 2. The lowest BCUT2D eigenvalue weighted by Gasteiger charge is -2.12. The van der Waals surface area contributed by atoms with Crippen LogP contribution in [0.4, 0.5) is 22.7 Å². The lowest BCUT2D eigenvalue weighted by molar-refractivity contribution is -0.113. The van der Waals surface area contributed by atoms with Gasteiger partial charge in [-0.05, 0) is 85.3 Å². The maximum atomic E-state index is 13.3. The molecule has 10 nitrogen and oxygen atoms in total. The number of sulfone groups is 1. The molecule has 4 aromatic carbocycles. The van der Waals surface area contributed by atoms with Crippen molar-refractivity contribution in [3.8, 4) is 12.1 Å². The Morgan fingerprint density at radius 2 is 0.851 bits per heavy atom. The summed E-state index contributed by atoms with van der Waals surface area (Å²) in [5, 5.41) is 31.5. The van der Waals surface area contributed by atoms with Gasteiger partial charge in [-0.15, -0.1) is 23.5 Å². The first-order valence-corrected chi connectivity index (χ1v) is 17.7. The molecule has 4 N–H and O–H groups in total. The first-order chi connectivity index (χ1) is 22.7. The Balaban J connectivity index is 1.45. The van der Waals surface area contributed by atoms with Crippen LogP contribution in [-0.2, 0) is 19.4 Å². The molecule has 0 aliphatic heterocycles. The fourth-order valence-electron chi connectivity index (χ4n) is 4.10. The summed E-state index contributed by atoms with van der Waals surface area (Å²) < 4.78 is 26.6. The molecule has 0 unspecified atom stereocenters. The Hall–Kier alpha value is -5.47. The van der Waals surface area contributed by atoms with Crippen LogP contribution >= 0.6 is 23.5 Å². The minimum Gasteiger partial charge on any atom is -0.349 e. The van der Waals surface area contributed by atoms with Gasteiger partial charge in [0.2, 0.25) is 9.84 Å². The van der Waals surface area contributed by atoms with E-state index in [0.29, 0.717) is 32.8 Å². The number of benzene rings is 4. The number of nitrogens with one attached hydrogen (secondary N) is 4. The van der Waals surface area contributed by atoms with Crippen LogP contribution in [0.3, 0.4) is 0 Å². The van der Waals surface area contributed by atoms with Crippen LogP contribution in [0.2, 0.25) is 0 Å². The zero-order valence-electron chi connectivity index (χ0n) is 25.1. The molecule has 0 radical (unpaired) electrons. The van der Waals surface area contributed by atoms with Gasteiger partial charge in [0.25, 0.3) is 11.8 Å². The van der Waals surface area contributed by atoms with Gasteiger partial charge in [-0.1, -0.05) is 36.4 Å². The second-order valence-corrected chi connectivity index (χ2v) is 13.1. The number of hydrogen-bond donors (Lipinski definition) is 4. The molecular formula is C34H28N6O4S3. The van der Waals surface area contributed by atoms with E-state index in [-0.39, 0.29) is 20.9 Å². The number of amides is 2. The number of thioether (sulfide) groups is 2. The standard InChI is InChI=1S/C34H28N6O4S3/c1-45-33(39-23-9-5-3-6-10-23)29(21-35)31(41)37-25-13-17-27(18-14-25)47(43,44)28-19-15-26(16-20-28)38-32(42)30(22-36)34(46-2)40-24-11-7-4-8-12-24/h3-20,39-40H,1-2H3,(H,37,41)(H,38,42)/b33-29-,34-30-. The molecule has 236 valence electrons. The van der Waals surface area contributed by atoms with Gasteiger partial charge < -0.3 is 21.3 Å². The van der Waals surface area contributed by atoms with Crippen LogP contribution in [0.15, 0.2) is 140 Å². The molecule has 0 saturated heterocycles. The van der Waals surface area contributed by atoms with Gasteiger partial charge in [-0.2, -0.15) is 10.5 Å². The van der Waals surface area contributed by atoms with Crippen LogP contribution in [0.1, 0.15) is 0 Å². The minimum atomic E-state index is -3.95. The number of carbonyl (C=O) groups excluding carboxylic acids is 2. The van der Waals surface area contributed by atoms with E-state index in [1.807, 2.05) is 48.5 Å². The van der Waals surface area contributed by atoms with Crippen molar-refractivity contribution in [2.45, 2.75) is 9.79 Å². The van der Waals surface area contributed by atoms with Gasteiger partial charge in [-0.3, -0.25) is 9.59 Å². The molecule has 47 heavy (non-hydrogen) atoms. The van der Waals surface area contributed by atoms with Gasteiger partial charge in [0.1, 0.15) is 23.3 Å². The van der Waals surface area contributed by atoms with E-state index < -0.39 is 21.7 Å². The van der Waals surface area contributed by atoms with Crippen molar-refractivity contribution in [3.63, 3.8) is 0 Å². The van der Waals surface area contributed by atoms with E-state index in [1.165, 1.54) is 72.1 Å². The van der Waals surface area contributed by atoms with E-state index >= 15 is 0 Å². The summed E-state index contributed by atoms with van der Waals surface area (Å²) in [4.78, 5) is 25.8. The molecule has 0 saturated carbocycles. The third-order valence-electron chi connectivity index (χ3n) is 6.45. The average molecular weight is 681 g/mol. The van der Waals surface area contributed by atoms with Crippen molar-refractivity contribution in [1.82, 2.24) is 0 Å². The maximum absolute atomic E-state index is 13.3. The van der Waals surface area contributed by atoms with Crippen molar-refractivity contribution >= 4 is 67.9 Å². The third kappa shape index (κ3) is 8.83. The largest absolute Gasteiger partial charge is 0.349 e. The van der Waals surface area contributed by atoms with Crippen molar-refractivity contribution < 1.29 is 18.0 Å². The number of nitriles is 2. The minimum absolute atomic E-state index is 0.0230. The van der Waals surface area contributed by atoms with Crippen molar-refractivity contribution in [2.24, 2.45) is 0 Å². The molecule has 4 rings (SSSR count). The molecular weight excluding hydrogens is 653 g/mol. The molecule has 4 aromatic rings. The molecule has 2 amide bonds. The summed E-state index contributed by atoms with van der Waals surface area (Å²) in [7, 11) is -3.95. The summed E-state index contributed by atoms with van der Waals surface area (Å²) >= 11 is 2.42. The van der Waals surface area contributed by atoms with Crippen molar-refractivity contribution in [1.29, 1.82) is 10.5 Å². The van der Waals surface area contributed by atoms with E-state index in [9.17, 15) is 28.5 Å². The molecule has 13 heteroatoms. The van der Waals surface area contributed by atoms with Crippen LogP contribution in [0.25, 0.3) is 0 Å². The summed E-state index contributed by atoms with van der Waals surface area (Å²) in [6, 6.07) is 33.2. The number of para-hydroxylation sites is 2. The zero-order chi connectivity index (χ0) is 33.8. The van der Waals surface area contributed by atoms with Gasteiger partial charge in [0.05, 0.1) is 19.8 Å². The SMILES string of the molecule is CS/C(Nc1ccccc1)=C(/C#N)C(=O)Nc1ccc(S(=O)(=O)c2ccc(NC(=O)/C(C#N)=C(/Nc3ccccc3)SC)cc2)cc1. The second kappa shape index (κ2) is 16.2. The Morgan fingerprint density at radius 3 is 1.15 bits per heavy atom. The molecule has 0 fully saturated rings. The molecule has 0 heterocycles. The highest BCUT2D eigenvalue weighted by atomic mass is 32.2. The molecule has 0 aromatic heterocycles. The van der Waals surface area contributed by atoms with E-state index in [2.05, 4.69) is 21.3 Å². The maximum Gasteiger partial charge on any atom is 0.269 e. The van der Waals surface area contributed by atoms with Crippen LogP contribution in [0, 0.1) is 22.7 Å². The monoisotopic (exact) mass is 680 g/mol. The normalized spacial score (nSPS) is 11.9. The average Bonchev–Trinajstić information content (AvgIpc) is 3.09. The first-order valence-electron chi connectivity index (χ1n) is 13.8. The number of anilines is 4. The topological polar surface area (TPSA) is 164 Å². The van der Waals surface area contributed by atoms with E-state index in [1.54, 1.807) is 36.8 Å². The number of hydrogen-bond acceptors (Lipinski definition) is 10. The van der Waals surface area contributed by atoms with Gasteiger partial charge in [-0.25, -0.2) is 8.42 Å². The van der Waals surface area contributed by atoms with Crippen LogP contribution < -0.4 is 21.3 Å². The number of carbonyl (C=O) groups is 2. The highest BCUT2D eigenvalue weighted by molar-refractivity contribution is 8.02. The Kier molecular flexibility index (Phi) is 11.9. The predicted octanol–water partition coefficient (Wildman–Crippen LogP) is 6.82. The second-order valence-electron chi connectivity index (χ2n) is 9.48. The van der Waals surface area contributed by atoms with Crippen molar-refractivity contribution in [3.05, 3.63) is 130 Å². The van der Waals surface area contributed by atoms with Crippen LogP contribution in [-0.4, -0.2) is 32.7 Å². The summed E-state index contributed by atoms with van der Waals surface area (Å²) in [6.07, 6.45) is 3.48. The lowest BCUT2D eigenvalue weighted by Crippen LogP contribution is -2.17. The quantitative estimate of drug-likeness (QED) is 0.0922. The Bertz CT molecular complexity index is 1860. The fraction of sp³-hybridized carbons (Fsp3) is 0.0588. The number of rotatable bonds is 12. The van der Waals surface area contributed by atoms with E-state index in [0.717, 1.165) is 0 Å². The van der Waals surface area contributed by atoms with E-state index in [4.69, 9.17) is 0 Å². The first kappa shape index (κ1) is 34.4. The molecule has 0 atom stereocenters. The molecule has 0 spiro atoms. The van der Waals surface area contributed by atoms with Gasteiger partial charge in [0.15, 0.2) is 0 Å². The van der Waals surface area contributed by atoms with Crippen molar-refractivity contribution in [2.75, 3.05) is 33.8 Å². The molecule has 0 aliphatic rings. The van der Waals surface area contributed by atoms with Crippen LogP contribution in [0.5, 0.6) is 0 Å². The van der Waals surface area contributed by atoms with Gasteiger partial charge >= 0.3 is 0 Å². The smallest absolute Gasteiger partial charge is 0.269 e. The molecule has 0 bridgehead atoms. The Morgan fingerprint density at radius 1 is 0.532 bits per heavy atom. The third-order valence-corrected chi connectivity index (χ3v) is 9.66. The van der Waals surface area contributed by atoms with Gasteiger partial charge in [0, 0.05) is 22.7 Å². The summed E-state index contributed by atoms with van der Waals surface area (Å²) in [5.74, 6) is -1.30. The summed E-state index contributed by atoms with van der Waals surface area (Å²) in [5.41, 5.74) is 1.78. The fourth-order valence-corrected chi connectivity index (χ4v) is 6.49. The predicted molar refractivity (Wildman–Crippen MR) is 188 cm³/mol. The highest BCUT2D eigenvalue weighted by Crippen LogP contribution is 2.26. The zero-order valence-corrected chi connectivity index (χ0v) is 27.6.